The number of ether oxygens (including phenoxy) is 1. The predicted octanol–water partition coefficient (Wildman–Crippen LogP) is 3.25. The number of nitrogen functional groups attached to an aromatic ring is 1. The zero-order chi connectivity index (χ0) is 21.1. The minimum atomic E-state index is -0.668. The topological polar surface area (TPSA) is 123 Å². The van der Waals surface area contributed by atoms with Gasteiger partial charge in [0.15, 0.2) is 6.61 Å². The van der Waals surface area contributed by atoms with Gasteiger partial charge in [0.2, 0.25) is 5.91 Å². The van der Waals surface area contributed by atoms with Crippen LogP contribution in [0.25, 0.3) is 10.2 Å². The second-order valence-corrected chi connectivity index (χ2v) is 7.49. The van der Waals surface area contributed by atoms with Crippen LogP contribution in [0.3, 0.4) is 0 Å². The number of benzene rings is 1. The second-order valence-electron chi connectivity index (χ2n) is 6.49. The first-order chi connectivity index (χ1) is 13.7. The van der Waals surface area contributed by atoms with Gasteiger partial charge in [0.1, 0.15) is 9.71 Å². The number of amides is 2. The second kappa shape index (κ2) is 8.27. The van der Waals surface area contributed by atoms with Gasteiger partial charge < -0.3 is 21.1 Å². The van der Waals surface area contributed by atoms with Crippen LogP contribution in [0.1, 0.15) is 27.9 Å². The van der Waals surface area contributed by atoms with Gasteiger partial charge in [0.05, 0.1) is 5.69 Å². The lowest BCUT2D eigenvalue weighted by atomic mass is 10.1. The van der Waals surface area contributed by atoms with Gasteiger partial charge >= 0.3 is 5.97 Å². The van der Waals surface area contributed by atoms with Crippen LogP contribution in [0, 0.1) is 13.8 Å². The van der Waals surface area contributed by atoms with E-state index in [1.807, 2.05) is 19.9 Å². The number of nitrogens with one attached hydrogen (secondary N) is 2. The van der Waals surface area contributed by atoms with Gasteiger partial charge in [0.25, 0.3) is 5.91 Å². The summed E-state index contributed by atoms with van der Waals surface area (Å²) in [4.78, 5) is 40.8. The van der Waals surface area contributed by atoms with E-state index in [0.717, 1.165) is 28.0 Å². The van der Waals surface area contributed by atoms with E-state index in [9.17, 15) is 14.4 Å². The number of thiophene rings is 1. The average molecular weight is 412 g/mol. The first-order valence-corrected chi connectivity index (χ1v) is 9.57. The highest BCUT2D eigenvalue weighted by atomic mass is 32.1. The van der Waals surface area contributed by atoms with Crippen molar-refractivity contribution in [3.05, 3.63) is 46.5 Å². The van der Waals surface area contributed by atoms with Gasteiger partial charge in [-0.25, -0.2) is 9.78 Å². The number of nitrogens with zero attached hydrogens (tertiary/aromatic N) is 1. The molecule has 8 nitrogen and oxygen atoms in total. The Kier molecular flexibility index (Phi) is 5.79. The van der Waals surface area contributed by atoms with Crippen LogP contribution in [-0.4, -0.2) is 29.4 Å². The fourth-order valence-corrected chi connectivity index (χ4v) is 3.96. The third-order valence-corrected chi connectivity index (χ3v) is 5.11. The summed E-state index contributed by atoms with van der Waals surface area (Å²) in [5, 5.41) is 5.98. The third kappa shape index (κ3) is 4.69. The Morgan fingerprint density at radius 1 is 1.10 bits per heavy atom. The number of pyridine rings is 1. The Bertz CT molecular complexity index is 1110. The number of rotatable bonds is 5. The molecule has 150 valence electrons. The summed E-state index contributed by atoms with van der Waals surface area (Å²) in [6.45, 7) is 4.73. The predicted molar refractivity (Wildman–Crippen MR) is 113 cm³/mol. The van der Waals surface area contributed by atoms with E-state index in [4.69, 9.17) is 10.5 Å². The molecule has 0 radical (unpaired) electrons. The molecule has 0 aliphatic heterocycles. The van der Waals surface area contributed by atoms with E-state index >= 15 is 0 Å². The third-order valence-electron chi connectivity index (χ3n) is 4.03. The van der Waals surface area contributed by atoms with Gasteiger partial charge in [0, 0.05) is 29.4 Å². The Balaban J connectivity index is 1.62. The molecule has 0 aliphatic carbocycles. The highest BCUT2D eigenvalue weighted by molar-refractivity contribution is 7.21. The lowest BCUT2D eigenvalue weighted by Gasteiger charge is -2.07. The van der Waals surface area contributed by atoms with Crippen molar-refractivity contribution < 1.29 is 19.1 Å². The van der Waals surface area contributed by atoms with Crippen LogP contribution in [0.4, 0.5) is 17.1 Å². The van der Waals surface area contributed by atoms with Crippen molar-refractivity contribution in [2.24, 2.45) is 0 Å². The van der Waals surface area contributed by atoms with Crippen LogP contribution in [0.5, 0.6) is 0 Å². The van der Waals surface area contributed by atoms with Crippen molar-refractivity contribution in [3.63, 3.8) is 0 Å². The quantitative estimate of drug-likeness (QED) is 0.553. The first kappa shape index (κ1) is 20.3. The summed E-state index contributed by atoms with van der Waals surface area (Å²) in [7, 11) is 0. The van der Waals surface area contributed by atoms with Gasteiger partial charge in [-0.2, -0.15) is 0 Å². The maximum atomic E-state index is 12.4. The molecule has 0 saturated heterocycles. The molecule has 0 saturated carbocycles. The van der Waals surface area contributed by atoms with Crippen LogP contribution < -0.4 is 16.4 Å². The Hall–Kier alpha value is -3.46. The molecule has 3 aromatic rings. The molecule has 0 aliphatic rings. The molecule has 2 heterocycles. The number of nitrogens with two attached hydrogens (primary N) is 1. The van der Waals surface area contributed by atoms with Gasteiger partial charge in [-0.15, -0.1) is 11.3 Å². The van der Waals surface area contributed by atoms with Crippen molar-refractivity contribution in [1.29, 1.82) is 0 Å². The lowest BCUT2D eigenvalue weighted by molar-refractivity contribution is -0.119. The molecule has 4 N–H and O–H groups in total. The van der Waals surface area contributed by atoms with Crippen molar-refractivity contribution >= 4 is 56.4 Å². The minimum Gasteiger partial charge on any atom is -0.451 e. The summed E-state index contributed by atoms with van der Waals surface area (Å²) in [6, 6.07) is 8.46. The number of anilines is 3. The fourth-order valence-electron chi connectivity index (χ4n) is 2.85. The largest absolute Gasteiger partial charge is 0.451 e. The van der Waals surface area contributed by atoms with E-state index < -0.39 is 18.5 Å². The lowest BCUT2D eigenvalue weighted by Crippen LogP contribution is -2.21. The van der Waals surface area contributed by atoms with Crippen molar-refractivity contribution in [3.8, 4) is 0 Å². The molecule has 2 amide bonds. The number of carbonyl (C=O) groups excluding carboxylic acids is 3. The monoisotopic (exact) mass is 412 g/mol. The number of carbonyl (C=O) groups is 3. The van der Waals surface area contributed by atoms with E-state index in [-0.39, 0.29) is 10.8 Å². The SMILES string of the molecule is CC(=O)Nc1ccc(NC(=O)COC(=O)c2sc3nc(C)cc(C)c3c2N)cc1. The zero-order valence-electron chi connectivity index (χ0n) is 16.2. The van der Waals surface area contributed by atoms with E-state index in [1.54, 1.807) is 24.3 Å². The van der Waals surface area contributed by atoms with E-state index in [2.05, 4.69) is 15.6 Å². The Morgan fingerprint density at radius 3 is 2.34 bits per heavy atom. The zero-order valence-corrected chi connectivity index (χ0v) is 17.0. The molecule has 1 aromatic carbocycles. The minimum absolute atomic E-state index is 0.185. The standard InChI is InChI=1S/C20H20N4O4S/c1-10-8-11(2)22-19-16(10)17(21)18(29-19)20(27)28-9-15(26)24-14-6-4-13(5-7-14)23-12(3)25/h4-8H,9,21H2,1-3H3,(H,23,25)(H,24,26). The summed E-state index contributed by atoms with van der Waals surface area (Å²) >= 11 is 1.15. The molecule has 0 bridgehead atoms. The van der Waals surface area contributed by atoms with Crippen LogP contribution in [0.15, 0.2) is 30.3 Å². The molecule has 9 heteroatoms. The average Bonchev–Trinajstić information content (AvgIpc) is 2.97. The summed E-state index contributed by atoms with van der Waals surface area (Å²) in [6.07, 6.45) is 0. The summed E-state index contributed by atoms with van der Waals surface area (Å²) < 4.78 is 5.11. The molecule has 2 aromatic heterocycles. The van der Waals surface area contributed by atoms with Gasteiger partial charge in [-0.1, -0.05) is 0 Å². The highest BCUT2D eigenvalue weighted by Crippen LogP contribution is 2.35. The van der Waals surface area contributed by atoms with Crippen molar-refractivity contribution in [2.75, 3.05) is 23.0 Å². The molecular weight excluding hydrogens is 392 g/mol. The molecule has 0 spiro atoms. The van der Waals surface area contributed by atoms with Crippen LogP contribution in [0.2, 0.25) is 0 Å². The van der Waals surface area contributed by atoms with Crippen LogP contribution in [-0.2, 0) is 14.3 Å². The Labute approximate surface area is 171 Å². The highest BCUT2D eigenvalue weighted by Gasteiger charge is 2.21. The summed E-state index contributed by atoms with van der Waals surface area (Å²) in [5.41, 5.74) is 9.31. The maximum absolute atomic E-state index is 12.4. The number of aromatic nitrogens is 1. The molecule has 29 heavy (non-hydrogen) atoms. The van der Waals surface area contributed by atoms with Crippen molar-refractivity contribution in [2.45, 2.75) is 20.8 Å². The van der Waals surface area contributed by atoms with E-state index in [1.165, 1.54) is 6.92 Å². The van der Waals surface area contributed by atoms with Crippen LogP contribution >= 0.6 is 11.3 Å². The fraction of sp³-hybridized carbons (Fsp3) is 0.200. The van der Waals surface area contributed by atoms with Crippen molar-refractivity contribution in [1.82, 2.24) is 4.98 Å². The first-order valence-electron chi connectivity index (χ1n) is 8.75. The number of hydrogen-bond donors (Lipinski definition) is 3. The molecular formula is C20H20N4O4S. The van der Waals surface area contributed by atoms with Gasteiger partial charge in [-0.05, 0) is 49.7 Å². The molecule has 0 atom stereocenters. The maximum Gasteiger partial charge on any atom is 0.351 e. The smallest absolute Gasteiger partial charge is 0.351 e. The molecule has 0 unspecified atom stereocenters. The molecule has 3 rings (SSSR count). The number of fused-ring (bicyclic) bond motifs is 1. The normalized spacial score (nSPS) is 10.6. The Morgan fingerprint density at radius 2 is 1.72 bits per heavy atom. The molecule has 0 fully saturated rings. The van der Waals surface area contributed by atoms with Gasteiger partial charge in [-0.3, -0.25) is 9.59 Å². The van der Waals surface area contributed by atoms with E-state index in [0.29, 0.717) is 21.9 Å². The number of esters is 1. The number of hydrogen-bond acceptors (Lipinski definition) is 7. The summed E-state index contributed by atoms with van der Waals surface area (Å²) in [5.74, 6) is -1.34. The number of aryl methyl sites for hydroxylation is 2.